The van der Waals surface area contributed by atoms with E-state index in [1.54, 1.807) is 42.5 Å². The van der Waals surface area contributed by atoms with Crippen molar-refractivity contribution in [3.63, 3.8) is 0 Å². The number of non-ortho nitro benzene ring substituents is 1. The Morgan fingerprint density at radius 1 is 1.09 bits per heavy atom. The van der Waals surface area contributed by atoms with E-state index >= 15 is 0 Å². The van der Waals surface area contributed by atoms with Gasteiger partial charge in [-0.3, -0.25) is 24.6 Å². The Kier molecular flexibility index (Phi) is 6.97. The number of carbonyl (C=O) groups is 3. The summed E-state index contributed by atoms with van der Waals surface area (Å²) in [7, 11) is 1.23. The molecule has 0 unspecified atom stereocenters. The van der Waals surface area contributed by atoms with Gasteiger partial charge < -0.3 is 13.9 Å². The fourth-order valence-electron chi connectivity index (χ4n) is 3.16. The lowest BCUT2D eigenvalue weighted by Gasteiger charge is -2.10. The lowest BCUT2D eigenvalue weighted by Crippen LogP contribution is -2.27. The summed E-state index contributed by atoms with van der Waals surface area (Å²) in [6.07, 6.45) is 1.60. The number of benzene rings is 2. The molecule has 35 heavy (non-hydrogen) atoms. The van der Waals surface area contributed by atoms with Crippen LogP contribution in [-0.4, -0.2) is 34.0 Å². The minimum absolute atomic E-state index is 0.0117. The zero-order valence-electron chi connectivity index (χ0n) is 18.3. The molecule has 11 heteroatoms. The van der Waals surface area contributed by atoms with Gasteiger partial charge in [0, 0.05) is 12.1 Å². The van der Waals surface area contributed by atoms with E-state index < -0.39 is 22.0 Å². The van der Waals surface area contributed by atoms with Crippen molar-refractivity contribution in [3.05, 3.63) is 98.3 Å². The van der Waals surface area contributed by atoms with E-state index in [1.807, 2.05) is 0 Å². The van der Waals surface area contributed by atoms with Gasteiger partial charge in [-0.15, -0.1) is 0 Å². The van der Waals surface area contributed by atoms with Gasteiger partial charge in [-0.2, -0.15) is 0 Å². The molecule has 2 aromatic carbocycles. The smallest absolute Gasteiger partial charge is 0.373 e. The Hall–Kier alpha value is -4.38. The van der Waals surface area contributed by atoms with Gasteiger partial charge in [0.1, 0.15) is 18.1 Å². The van der Waals surface area contributed by atoms with E-state index in [4.69, 9.17) is 9.15 Å². The number of nitro groups is 1. The Labute approximate surface area is 203 Å². The first-order chi connectivity index (χ1) is 16.8. The maximum absolute atomic E-state index is 12.7. The Morgan fingerprint density at radius 3 is 2.46 bits per heavy atom. The second-order valence-electron chi connectivity index (χ2n) is 7.31. The molecule has 2 heterocycles. The number of esters is 1. The van der Waals surface area contributed by atoms with E-state index in [1.165, 1.54) is 31.4 Å². The number of methoxy groups -OCH3 is 1. The zero-order chi connectivity index (χ0) is 24.9. The average Bonchev–Trinajstić information content (AvgIpc) is 3.44. The van der Waals surface area contributed by atoms with Crippen molar-refractivity contribution in [2.75, 3.05) is 7.11 Å². The third kappa shape index (κ3) is 5.58. The summed E-state index contributed by atoms with van der Waals surface area (Å²) in [5.41, 5.74) is 1.49. The molecule has 0 radical (unpaired) electrons. The molecule has 0 bridgehead atoms. The third-order valence-corrected chi connectivity index (χ3v) is 5.87. The lowest BCUT2D eigenvalue weighted by atomic mass is 10.2. The van der Waals surface area contributed by atoms with Crippen LogP contribution in [0, 0.1) is 10.1 Å². The molecule has 1 fully saturated rings. The number of furan rings is 1. The Bertz CT molecular complexity index is 1310. The average molecular weight is 494 g/mol. The van der Waals surface area contributed by atoms with Crippen LogP contribution < -0.4 is 4.74 Å². The van der Waals surface area contributed by atoms with Gasteiger partial charge in [-0.25, -0.2) is 4.79 Å². The summed E-state index contributed by atoms with van der Waals surface area (Å²) >= 11 is 0.814. The van der Waals surface area contributed by atoms with Crippen molar-refractivity contribution >= 4 is 40.6 Å². The third-order valence-electron chi connectivity index (χ3n) is 4.97. The molecule has 4 rings (SSSR count). The second-order valence-corrected chi connectivity index (χ2v) is 8.30. The van der Waals surface area contributed by atoms with Crippen LogP contribution in [0.2, 0.25) is 0 Å². The van der Waals surface area contributed by atoms with E-state index in [0.29, 0.717) is 11.3 Å². The van der Waals surface area contributed by atoms with E-state index in [2.05, 4.69) is 4.74 Å². The summed E-state index contributed by atoms with van der Waals surface area (Å²) < 4.78 is 15.6. The maximum atomic E-state index is 12.7. The number of nitrogens with zero attached hydrogens (tertiary/aromatic N) is 2. The number of ether oxygens (including phenoxy) is 2. The van der Waals surface area contributed by atoms with Crippen molar-refractivity contribution in [2.45, 2.75) is 13.2 Å². The van der Waals surface area contributed by atoms with Gasteiger partial charge in [0.2, 0.25) is 5.76 Å². The van der Waals surface area contributed by atoms with Crippen molar-refractivity contribution in [1.82, 2.24) is 4.90 Å². The Balaban J connectivity index is 1.37. The highest BCUT2D eigenvalue weighted by Crippen LogP contribution is 2.33. The SMILES string of the molecule is COC(=O)c1ccc(CN2C(=O)SC(=Cc3ccc(OCc4ccc([N+](=O)[O-])cc4)cc3)C2=O)o1. The molecule has 3 aromatic rings. The molecule has 0 atom stereocenters. The molecule has 1 aliphatic rings. The number of rotatable bonds is 8. The van der Waals surface area contributed by atoms with Crippen molar-refractivity contribution in [1.29, 1.82) is 0 Å². The zero-order valence-corrected chi connectivity index (χ0v) is 19.2. The summed E-state index contributed by atoms with van der Waals surface area (Å²) in [6.45, 7) is 0.134. The van der Waals surface area contributed by atoms with Crippen LogP contribution in [0.25, 0.3) is 6.08 Å². The van der Waals surface area contributed by atoms with Crippen LogP contribution in [-0.2, 0) is 22.7 Å². The number of hydrogen-bond donors (Lipinski definition) is 0. The number of nitro benzene ring substituents is 1. The van der Waals surface area contributed by atoms with E-state index in [0.717, 1.165) is 22.2 Å². The molecular formula is C24H18N2O8S. The van der Waals surface area contributed by atoms with Gasteiger partial charge in [0.25, 0.3) is 16.8 Å². The van der Waals surface area contributed by atoms with Gasteiger partial charge in [-0.1, -0.05) is 12.1 Å². The predicted molar refractivity (Wildman–Crippen MR) is 125 cm³/mol. The largest absolute Gasteiger partial charge is 0.489 e. The van der Waals surface area contributed by atoms with Crippen LogP contribution >= 0.6 is 11.8 Å². The number of imide groups is 1. The highest BCUT2D eigenvalue weighted by molar-refractivity contribution is 8.18. The molecule has 10 nitrogen and oxygen atoms in total. The molecule has 178 valence electrons. The molecule has 1 aliphatic heterocycles. The van der Waals surface area contributed by atoms with E-state index in [9.17, 15) is 24.5 Å². The molecule has 1 saturated heterocycles. The molecule has 2 amide bonds. The fraction of sp³-hybridized carbons (Fsp3) is 0.125. The number of carbonyl (C=O) groups excluding carboxylic acids is 3. The quantitative estimate of drug-likeness (QED) is 0.188. The van der Waals surface area contributed by atoms with Gasteiger partial charge in [-0.05, 0) is 65.4 Å². The van der Waals surface area contributed by atoms with Gasteiger partial charge in [0.05, 0.1) is 23.5 Å². The standard InChI is InChI=1S/C24H18N2O8S/c1-32-23(28)20-11-10-19(34-20)13-25-22(27)21(35-24(25)29)12-15-4-8-18(9-5-15)33-14-16-2-6-17(7-3-16)26(30)31/h2-12H,13-14H2,1H3. The summed E-state index contributed by atoms with van der Waals surface area (Å²) in [6, 6.07) is 15.9. The van der Waals surface area contributed by atoms with Crippen molar-refractivity contribution < 1.29 is 33.2 Å². The first-order valence-corrected chi connectivity index (χ1v) is 11.0. The predicted octanol–water partition coefficient (Wildman–Crippen LogP) is 4.79. The van der Waals surface area contributed by atoms with Crippen molar-refractivity contribution in [3.8, 4) is 5.75 Å². The molecular weight excluding hydrogens is 476 g/mol. The lowest BCUT2D eigenvalue weighted by molar-refractivity contribution is -0.384. The summed E-state index contributed by atoms with van der Waals surface area (Å²) in [5, 5.41) is 10.3. The maximum Gasteiger partial charge on any atom is 0.373 e. The molecule has 0 N–H and O–H groups in total. The van der Waals surface area contributed by atoms with Crippen LogP contribution in [0.15, 0.2) is 70.0 Å². The van der Waals surface area contributed by atoms with Crippen LogP contribution in [0.3, 0.4) is 0 Å². The normalized spacial score (nSPS) is 14.4. The van der Waals surface area contributed by atoms with Gasteiger partial charge >= 0.3 is 5.97 Å². The molecule has 0 saturated carbocycles. The number of amides is 2. The van der Waals surface area contributed by atoms with Crippen LogP contribution in [0.5, 0.6) is 5.75 Å². The number of thioether (sulfide) groups is 1. The van der Waals surface area contributed by atoms with Crippen LogP contribution in [0.1, 0.15) is 27.4 Å². The molecule has 0 aliphatic carbocycles. The number of hydrogen-bond acceptors (Lipinski definition) is 9. The first kappa shape index (κ1) is 23.8. The van der Waals surface area contributed by atoms with Gasteiger partial charge in [0.15, 0.2) is 0 Å². The minimum Gasteiger partial charge on any atom is -0.489 e. The molecule has 0 spiro atoms. The fourth-order valence-corrected chi connectivity index (χ4v) is 4.00. The van der Waals surface area contributed by atoms with E-state index in [-0.39, 0.29) is 35.3 Å². The summed E-state index contributed by atoms with van der Waals surface area (Å²) in [4.78, 5) is 48.2. The minimum atomic E-state index is -0.648. The monoisotopic (exact) mass is 494 g/mol. The summed E-state index contributed by atoms with van der Waals surface area (Å²) in [5.74, 6) is -0.266. The highest BCUT2D eigenvalue weighted by Gasteiger charge is 2.35. The topological polar surface area (TPSA) is 129 Å². The second kappa shape index (κ2) is 10.3. The van der Waals surface area contributed by atoms with Crippen LogP contribution in [0.4, 0.5) is 10.5 Å². The first-order valence-electron chi connectivity index (χ1n) is 10.2. The highest BCUT2D eigenvalue weighted by atomic mass is 32.2. The van der Waals surface area contributed by atoms with Crippen molar-refractivity contribution in [2.24, 2.45) is 0 Å². The molecule has 1 aromatic heterocycles. The Morgan fingerprint density at radius 2 is 1.80 bits per heavy atom.